The molecule has 2 aromatic rings. The van der Waals surface area contributed by atoms with Gasteiger partial charge in [0.2, 0.25) is 0 Å². The zero-order valence-electron chi connectivity index (χ0n) is 9.75. The highest BCUT2D eigenvalue weighted by atomic mass is 19.1. The van der Waals surface area contributed by atoms with E-state index < -0.39 is 11.9 Å². The lowest BCUT2D eigenvalue weighted by molar-refractivity contribution is -0.141. The summed E-state index contributed by atoms with van der Waals surface area (Å²) in [5.74, 6) is -1.63. The summed E-state index contributed by atoms with van der Waals surface area (Å²) in [6.07, 6.45) is 0.384. The minimum Gasteiger partial charge on any atom is -0.481 e. The number of aryl methyl sites for hydroxylation is 1. The number of nitrogens with one attached hydrogen (secondary N) is 1. The maximum atomic E-state index is 13.5. The van der Waals surface area contributed by atoms with E-state index in [2.05, 4.69) is 4.98 Å². The highest BCUT2D eigenvalue weighted by molar-refractivity contribution is 5.85. The van der Waals surface area contributed by atoms with Crippen molar-refractivity contribution in [1.82, 2.24) is 4.98 Å². The Morgan fingerprint density at radius 2 is 2.24 bits per heavy atom. The standard InChI is InChI=1S/C13H14FNO2/c1-7(13(16)17)6-11-8(2)9-4-3-5-10(14)12(9)15-11/h3-5,7,15H,6H2,1-2H3,(H,16,17). The largest absolute Gasteiger partial charge is 0.481 e. The monoisotopic (exact) mass is 235 g/mol. The van der Waals surface area contributed by atoms with Gasteiger partial charge in [0.05, 0.1) is 11.4 Å². The molecule has 0 saturated carbocycles. The maximum Gasteiger partial charge on any atom is 0.306 e. The van der Waals surface area contributed by atoms with Crippen LogP contribution in [0.4, 0.5) is 4.39 Å². The molecule has 0 spiro atoms. The van der Waals surface area contributed by atoms with Crippen LogP contribution in [0.1, 0.15) is 18.2 Å². The van der Waals surface area contributed by atoms with Gasteiger partial charge in [0.15, 0.2) is 0 Å². The number of benzene rings is 1. The van der Waals surface area contributed by atoms with Gasteiger partial charge in [-0.15, -0.1) is 0 Å². The Labute approximate surface area is 98.3 Å². The van der Waals surface area contributed by atoms with Crippen LogP contribution in [0, 0.1) is 18.7 Å². The van der Waals surface area contributed by atoms with Crippen LogP contribution in [-0.2, 0) is 11.2 Å². The summed E-state index contributed by atoms with van der Waals surface area (Å²) in [5, 5.41) is 9.69. The Morgan fingerprint density at radius 3 is 2.82 bits per heavy atom. The van der Waals surface area contributed by atoms with Crippen molar-refractivity contribution in [1.29, 1.82) is 0 Å². The number of hydrogen-bond donors (Lipinski definition) is 2. The van der Waals surface area contributed by atoms with E-state index >= 15 is 0 Å². The van der Waals surface area contributed by atoms with Crippen LogP contribution in [0.2, 0.25) is 0 Å². The van der Waals surface area contributed by atoms with Crippen LogP contribution in [0.5, 0.6) is 0 Å². The molecule has 17 heavy (non-hydrogen) atoms. The Hall–Kier alpha value is -1.84. The first-order valence-corrected chi connectivity index (χ1v) is 5.49. The second-order valence-corrected chi connectivity index (χ2v) is 4.33. The normalized spacial score (nSPS) is 12.9. The molecule has 1 unspecified atom stereocenters. The highest BCUT2D eigenvalue weighted by Crippen LogP contribution is 2.25. The minimum atomic E-state index is -0.844. The topological polar surface area (TPSA) is 53.1 Å². The molecular weight excluding hydrogens is 221 g/mol. The molecule has 0 saturated heterocycles. The Balaban J connectivity index is 2.46. The van der Waals surface area contributed by atoms with Gasteiger partial charge in [-0.1, -0.05) is 19.1 Å². The lowest BCUT2D eigenvalue weighted by atomic mass is 10.0. The summed E-state index contributed by atoms with van der Waals surface area (Å²) in [6, 6.07) is 4.88. The van der Waals surface area contributed by atoms with E-state index in [9.17, 15) is 9.18 Å². The maximum absolute atomic E-state index is 13.5. The van der Waals surface area contributed by atoms with Gasteiger partial charge in [-0.3, -0.25) is 4.79 Å². The number of aromatic nitrogens is 1. The van der Waals surface area contributed by atoms with E-state index in [1.807, 2.05) is 13.0 Å². The van der Waals surface area contributed by atoms with E-state index in [0.717, 1.165) is 16.6 Å². The Morgan fingerprint density at radius 1 is 1.53 bits per heavy atom. The van der Waals surface area contributed by atoms with Gasteiger partial charge >= 0.3 is 5.97 Å². The van der Waals surface area contributed by atoms with Crippen molar-refractivity contribution in [2.24, 2.45) is 5.92 Å². The number of aromatic amines is 1. The van der Waals surface area contributed by atoms with Crippen LogP contribution in [0.25, 0.3) is 10.9 Å². The van der Waals surface area contributed by atoms with Gasteiger partial charge < -0.3 is 10.1 Å². The summed E-state index contributed by atoms with van der Waals surface area (Å²) >= 11 is 0. The predicted octanol–water partition coefficient (Wildman–Crippen LogP) is 2.88. The van der Waals surface area contributed by atoms with Crippen molar-refractivity contribution in [2.75, 3.05) is 0 Å². The summed E-state index contributed by atoms with van der Waals surface area (Å²) in [7, 11) is 0. The van der Waals surface area contributed by atoms with Crippen molar-refractivity contribution >= 4 is 16.9 Å². The van der Waals surface area contributed by atoms with E-state index in [1.54, 1.807) is 13.0 Å². The van der Waals surface area contributed by atoms with Gasteiger partial charge in [-0.25, -0.2) is 4.39 Å². The first-order chi connectivity index (χ1) is 8.00. The zero-order valence-corrected chi connectivity index (χ0v) is 9.75. The molecule has 0 radical (unpaired) electrons. The number of carbonyl (C=O) groups is 1. The van der Waals surface area contributed by atoms with Crippen LogP contribution in [-0.4, -0.2) is 16.1 Å². The summed E-state index contributed by atoms with van der Waals surface area (Å²) in [5.41, 5.74) is 2.17. The predicted molar refractivity (Wildman–Crippen MR) is 63.5 cm³/mol. The number of aliphatic carboxylic acids is 1. The third-order valence-corrected chi connectivity index (χ3v) is 3.08. The lowest BCUT2D eigenvalue weighted by Gasteiger charge is -2.04. The fraction of sp³-hybridized carbons (Fsp3) is 0.308. The zero-order chi connectivity index (χ0) is 12.6. The van der Waals surface area contributed by atoms with Gasteiger partial charge in [-0.2, -0.15) is 0 Å². The first-order valence-electron chi connectivity index (χ1n) is 5.49. The van der Waals surface area contributed by atoms with Crippen LogP contribution >= 0.6 is 0 Å². The number of carboxylic acid groups (broad SMARTS) is 1. The Bertz CT molecular complexity index is 574. The SMILES string of the molecule is Cc1c(CC(C)C(=O)O)[nH]c2c(F)cccc12. The van der Waals surface area contributed by atoms with Gasteiger partial charge in [0.25, 0.3) is 0 Å². The molecule has 0 aliphatic rings. The number of carboxylic acids is 1. The number of hydrogen-bond acceptors (Lipinski definition) is 1. The van der Waals surface area contributed by atoms with Crippen molar-refractivity contribution in [3.63, 3.8) is 0 Å². The molecule has 0 aliphatic carbocycles. The number of rotatable bonds is 3. The first kappa shape index (κ1) is 11.6. The van der Waals surface area contributed by atoms with Gasteiger partial charge in [0, 0.05) is 17.5 Å². The molecule has 1 aromatic carbocycles. The van der Waals surface area contributed by atoms with Crippen molar-refractivity contribution in [2.45, 2.75) is 20.3 Å². The average Bonchev–Trinajstić information content (AvgIpc) is 2.58. The fourth-order valence-electron chi connectivity index (χ4n) is 1.97. The van der Waals surface area contributed by atoms with Gasteiger partial charge in [0.1, 0.15) is 5.82 Å². The molecule has 2 N–H and O–H groups in total. The molecule has 0 bridgehead atoms. The molecule has 0 amide bonds. The molecule has 0 fully saturated rings. The summed E-state index contributed by atoms with van der Waals surface area (Å²) < 4.78 is 13.5. The molecular formula is C13H14FNO2. The third-order valence-electron chi connectivity index (χ3n) is 3.08. The summed E-state index contributed by atoms with van der Waals surface area (Å²) in [6.45, 7) is 3.52. The molecule has 1 aromatic heterocycles. The molecule has 90 valence electrons. The number of H-pyrrole nitrogens is 1. The molecule has 3 nitrogen and oxygen atoms in total. The Kier molecular flexibility index (Phi) is 2.88. The molecule has 1 heterocycles. The molecule has 2 rings (SSSR count). The number of para-hydroxylation sites is 1. The van der Waals surface area contributed by atoms with E-state index in [1.165, 1.54) is 6.07 Å². The van der Waals surface area contributed by atoms with Crippen molar-refractivity contribution < 1.29 is 14.3 Å². The molecule has 1 atom stereocenters. The van der Waals surface area contributed by atoms with Crippen molar-refractivity contribution in [3.8, 4) is 0 Å². The fourth-order valence-corrected chi connectivity index (χ4v) is 1.97. The van der Waals surface area contributed by atoms with Gasteiger partial charge in [-0.05, 0) is 18.6 Å². The van der Waals surface area contributed by atoms with Crippen molar-refractivity contribution in [3.05, 3.63) is 35.3 Å². The number of halogens is 1. The number of fused-ring (bicyclic) bond motifs is 1. The van der Waals surface area contributed by atoms with E-state index in [4.69, 9.17) is 5.11 Å². The smallest absolute Gasteiger partial charge is 0.306 e. The molecule has 0 aliphatic heterocycles. The van der Waals surface area contributed by atoms with Crippen LogP contribution < -0.4 is 0 Å². The highest BCUT2D eigenvalue weighted by Gasteiger charge is 2.16. The summed E-state index contributed by atoms with van der Waals surface area (Å²) in [4.78, 5) is 13.8. The quantitative estimate of drug-likeness (QED) is 0.859. The van der Waals surface area contributed by atoms with E-state index in [0.29, 0.717) is 11.9 Å². The van der Waals surface area contributed by atoms with Crippen LogP contribution in [0.3, 0.4) is 0 Å². The molecule has 4 heteroatoms. The lowest BCUT2D eigenvalue weighted by Crippen LogP contribution is -2.12. The second-order valence-electron chi connectivity index (χ2n) is 4.33. The minimum absolute atomic E-state index is 0.306. The average molecular weight is 235 g/mol. The van der Waals surface area contributed by atoms with E-state index in [-0.39, 0.29) is 5.82 Å². The third kappa shape index (κ3) is 2.02. The van der Waals surface area contributed by atoms with Crippen LogP contribution in [0.15, 0.2) is 18.2 Å². The second kappa shape index (κ2) is 4.20.